The molecule has 0 unspecified atom stereocenters. The summed E-state index contributed by atoms with van der Waals surface area (Å²) in [7, 11) is 0. The number of hydrogen-bond donors (Lipinski definition) is 0. The molecule has 0 spiro atoms. The first-order chi connectivity index (χ1) is 7.79. The Labute approximate surface area is 129 Å². The SMILES string of the molecule is O.[CH2-][C@@H](c1ccccc1)[C@@H]([NH-])c1ccccc1.[CH3-].[Ir+3]. The van der Waals surface area contributed by atoms with E-state index in [1.807, 2.05) is 60.7 Å². The maximum Gasteiger partial charge on any atom is 3.00 e. The molecule has 2 rings (SSSR count). The molecule has 0 aromatic heterocycles. The summed E-state index contributed by atoms with van der Waals surface area (Å²) in [4.78, 5) is 0. The van der Waals surface area contributed by atoms with Crippen LogP contribution in [0.5, 0.6) is 0 Å². The van der Waals surface area contributed by atoms with Crippen LogP contribution in [-0.4, -0.2) is 5.48 Å². The van der Waals surface area contributed by atoms with Crippen LogP contribution in [0.1, 0.15) is 23.1 Å². The van der Waals surface area contributed by atoms with Gasteiger partial charge in [-0.15, -0.1) is 6.04 Å². The van der Waals surface area contributed by atoms with Crippen LogP contribution in [0, 0.1) is 14.4 Å². The van der Waals surface area contributed by atoms with Crippen LogP contribution >= 0.6 is 0 Å². The largest absolute Gasteiger partial charge is 3.00 e. The van der Waals surface area contributed by atoms with Crippen LogP contribution in [0.2, 0.25) is 0 Å². The molecule has 0 bridgehead atoms. The fourth-order valence-corrected chi connectivity index (χ4v) is 1.79. The van der Waals surface area contributed by atoms with E-state index >= 15 is 0 Å². The average molecular weight is 435 g/mol. The van der Waals surface area contributed by atoms with Gasteiger partial charge in [-0.2, -0.15) is 5.92 Å². The minimum atomic E-state index is -0.302. The molecule has 0 amide bonds. The molecule has 0 saturated carbocycles. The zero-order chi connectivity index (χ0) is 11.4. The molecule has 2 atom stereocenters. The van der Waals surface area contributed by atoms with Crippen LogP contribution in [0.15, 0.2) is 60.7 Å². The summed E-state index contributed by atoms with van der Waals surface area (Å²) in [6.45, 7) is 4.10. The van der Waals surface area contributed by atoms with E-state index in [-0.39, 0.29) is 45.0 Å². The van der Waals surface area contributed by atoms with Gasteiger partial charge >= 0.3 is 20.1 Å². The third-order valence-corrected chi connectivity index (χ3v) is 2.79. The molecule has 0 fully saturated rings. The Morgan fingerprint density at radius 2 is 1.16 bits per heavy atom. The van der Waals surface area contributed by atoms with E-state index in [0.717, 1.165) is 11.1 Å². The van der Waals surface area contributed by atoms with E-state index in [2.05, 4.69) is 6.92 Å². The summed E-state index contributed by atoms with van der Waals surface area (Å²) in [5.74, 6) is -0.0244. The molecule has 0 saturated heterocycles. The van der Waals surface area contributed by atoms with Gasteiger partial charge in [0, 0.05) is 0 Å². The second kappa shape index (κ2) is 9.88. The molecule has 2 aromatic rings. The Kier molecular flexibility index (Phi) is 10.6. The van der Waals surface area contributed by atoms with Crippen molar-refractivity contribution in [3.63, 3.8) is 0 Å². The second-order valence-electron chi connectivity index (χ2n) is 3.91. The van der Waals surface area contributed by atoms with Crippen LogP contribution in [0.3, 0.4) is 0 Å². The van der Waals surface area contributed by atoms with Crippen molar-refractivity contribution in [2.75, 3.05) is 0 Å². The third-order valence-electron chi connectivity index (χ3n) is 2.79. The average Bonchev–Trinajstić information content (AvgIpc) is 2.39. The van der Waals surface area contributed by atoms with Gasteiger partial charge in [0.1, 0.15) is 0 Å². The van der Waals surface area contributed by atoms with Crippen molar-refractivity contribution in [3.05, 3.63) is 91.9 Å². The van der Waals surface area contributed by atoms with Crippen molar-refractivity contribution in [3.8, 4) is 0 Å². The molecule has 0 aliphatic heterocycles. The summed E-state index contributed by atoms with van der Waals surface area (Å²) < 4.78 is 0. The van der Waals surface area contributed by atoms with E-state index in [1.165, 1.54) is 0 Å². The molecule has 3 N–H and O–H groups in total. The van der Waals surface area contributed by atoms with Gasteiger partial charge in [-0.1, -0.05) is 71.8 Å². The molecule has 3 heteroatoms. The third kappa shape index (κ3) is 5.25. The second-order valence-corrected chi connectivity index (χ2v) is 3.91. The molecule has 2 aromatic carbocycles. The number of rotatable bonds is 3. The quantitative estimate of drug-likeness (QED) is 0.656. The molecule has 104 valence electrons. The zero-order valence-corrected chi connectivity index (χ0v) is 13.4. The fraction of sp³-hybridized carbons (Fsp3) is 0.125. The summed E-state index contributed by atoms with van der Waals surface area (Å²) >= 11 is 0. The predicted molar refractivity (Wildman–Crippen MR) is 78.1 cm³/mol. The Hall–Kier alpha value is -0.991. The van der Waals surface area contributed by atoms with Crippen molar-refractivity contribution in [1.82, 2.24) is 0 Å². The monoisotopic (exact) mass is 435 g/mol. The van der Waals surface area contributed by atoms with Crippen molar-refractivity contribution in [2.24, 2.45) is 0 Å². The summed E-state index contributed by atoms with van der Waals surface area (Å²) in [6, 6.07) is 19.6. The van der Waals surface area contributed by atoms with E-state index in [9.17, 15) is 0 Å². The van der Waals surface area contributed by atoms with E-state index in [1.54, 1.807) is 0 Å². The van der Waals surface area contributed by atoms with Gasteiger partial charge in [-0.3, -0.25) is 0 Å². The van der Waals surface area contributed by atoms with Crippen molar-refractivity contribution < 1.29 is 25.6 Å². The Morgan fingerprint density at radius 3 is 1.58 bits per heavy atom. The Morgan fingerprint density at radius 1 is 0.789 bits per heavy atom. The summed E-state index contributed by atoms with van der Waals surface area (Å²) in [5, 5.41) is 0. The Bertz CT molecular complexity index is 390. The first kappa shape index (κ1) is 20.3. The Balaban J connectivity index is 0. The number of nitrogens with one attached hydrogen (secondary N) is 1. The summed E-state index contributed by atoms with van der Waals surface area (Å²) in [5.41, 5.74) is 10.3. The molecule has 0 aliphatic rings. The van der Waals surface area contributed by atoms with Gasteiger partial charge in [-0.25, -0.2) is 0 Å². The van der Waals surface area contributed by atoms with Crippen LogP contribution in [0.25, 0.3) is 5.73 Å². The topological polar surface area (TPSA) is 55.3 Å². The van der Waals surface area contributed by atoms with Crippen molar-refractivity contribution >= 4 is 0 Å². The molecule has 2 nitrogen and oxygen atoms in total. The minimum absolute atomic E-state index is 0. The molecule has 0 heterocycles. The van der Waals surface area contributed by atoms with E-state index < -0.39 is 0 Å². The minimum Gasteiger partial charge on any atom is -0.672 e. The van der Waals surface area contributed by atoms with Crippen molar-refractivity contribution in [2.45, 2.75) is 12.0 Å². The number of hydrogen-bond acceptors (Lipinski definition) is 0. The first-order valence-electron chi connectivity index (χ1n) is 5.43. The molecule has 19 heavy (non-hydrogen) atoms. The first-order valence-corrected chi connectivity index (χ1v) is 5.43. The van der Waals surface area contributed by atoms with Gasteiger partial charge in [0.15, 0.2) is 0 Å². The van der Waals surface area contributed by atoms with E-state index in [4.69, 9.17) is 5.73 Å². The van der Waals surface area contributed by atoms with E-state index in [0.29, 0.717) is 0 Å². The molecule has 0 radical (unpaired) electrons. The van der Waals surface area contributed by atoms with Gasteiger partial charge in [0.2, 0.25) is 0 Å². The predicted octanol–water partition coefficient (Wildman–Crippen LogP) is 4.02. The standard InChI is InChI=1S/C15H15N.CH3.Ir.H2O/c1-12(13-8-4-2-5-9-13)15(16)14-10-6-3-7-11-14;;;/h2-12,15-16H,1H2;1H3;;1H2/q-2;-1;+3;/t12-,15+;;;/m0.../s1. The number of benzene rings is 2. The molecular weight excluding hydrogens is 414 g/mol. The fourth-order valence-electron chi connectivity index (χ4n) is 1.79. The van der Waals surface area contributed by atoms with Gasteiger partial charge in [0.05, 0.1) is 0 Å². The maximum absolute atomic E-state index is 8.19. The zero-order valence-electron chi connectivity index (χ0n) is 11.0. The van der Waals surface area contributed by atoms with Crippen LogP contribution in [-0.2, 0) is 20.1 Å². The molecule has 0 aliphatic carbocycles. The normalized spacial score (nSPS) is 12.1. The maximum atomic E-state index is 8.19. The smallest absolute Gasteiger partial charge is 0.672 e. The summed E-state index contributed by atoms with van der Waals surface area (Å²) in [6.07, 6.45) is 0. The van der Waals surface area contributed by atoms with Gasteiger partial charge in [0.25, 0.3) is 0 Å². The van der Waals surface area contributed by atoms with Gasteiger partial charge < -0.3 is 25.6 Å². The van der Waals surface area contributed by atoms with Gasteiger partial charge in [-0.05, 0) is 0 Å². The van der Waals surface area contributed by atoms with Crippen LogP contribution < -0.4 is 0 Å². The van der Waals surface area contributed by atoms with Crippen LogP contribution in [0.4, 0.5) is 0 Å². The van der Waals surface area contributed by atoms with Crippen molar-refractivity contribution in [1.29, 1.82) is 0 Å². The molecular formula is C16H20IrNO.